The molecule has 4 rings (SSSR count). The summed E-state index contributed by atoms with van der Waals surface area (Å²) in [6.45, 7) is 0. The van der Waals surface area contributed by atoms with Crippen LogP contribution in [-0.2, 0) is 0 Å². The number of nitrogens with one attached hydrogen (secondary N) is 1. The van der Waals surface area contributed by atoms with Gasteiger partial charge in [-0.25, -0.2) is 0 Å². The van der Waals surface area contributed by atoms with Crippen LogP contribution in [0.25, 0.3) is 0 Å². The molecular formula is C21H22N2O2. The number of carbonyl (C=O) groups excluding carboxylic acids is 1. The molecule has 0 radical (unpaired) electrons. The van der Waals surface area contributed by atoms with Crippen molar-refractivity contribution >= 4 is 11.6 Å². The molecule has 4 nitrogen and oxygen atoms in total. The summed E-state index contributed by atoms with van der Waals surface area (Å²) in [5, 5.41) is 13.9. The zero-order valence-electron chi connectivity index (χ0n) is 14.4. The number of fused-ring (bicyclic) bond motifs is 3. The highest BCUT2D eigenvalue weighted by Crippen LogP contribution is 2.51. The van der Waals surface area contributed by atoms with Crippen LogP contribution in [0, 0.1) is 5.92 Å². The average Bonchev–Trinajstić information content (AvgIpc) is 3.10. The zero-order valence-corrected chi connectivity index (χ0v) is 14.4. The second-order valence-electron chi connectivity index (χ2n) is 7.00. The number of phenolic OH excluding ortho intramolecular Hbond substituents is 1. The Bertz CT molecular complexity index is 857. The van der Waals surface area contributed by atoms with Gasteiger partial charge in [-0.05, 0) is 30.0 Å². The van der Waals surface area contributed by atoms with Gasteiger partial charge >= 0.3 is 0 Å². The van der Waals surface area contributed by atoms with E-state index in [1.54, 1.807) is 25.1 Å². The molecule has 3 unspecified atom stereocenters. The number of amides is 1. The van der Waals surface area contributed by atoms with Gasteiger partial charge in [0.15, 0.2) is 0 Å². The van der Waals surface area contributed by atoms with Crippen molar-refractivity contribution in [1.82, 2.24) is 4.90 Å². The van der Waals surface area contributed by atoms with Crippen molar-refractivity contribution in [3.8, 4) is 5.75 Å². The summed E-state index contributed by atoms with van der Waals surface area (Å²) in [5.41, 5.74) is 3.63. The van der Waals surface area contributed by atoms with Gasteiger partial charge in [-0.3, -0.25) is 4.79 Å². The Balaban J connectivity index is 1.85. The van der Waals surface area contributed by atoms with Gasteiger partial charge in [-0.1, -0.05) is 42.5 Å². The number of benzene rings is 2. The Kier molecular flexibility index (Phi) is 3.75. The summed E-state index contributed by atoms with van der Waals surface area (Å²) < 4.78 is 0. The first-order chi connectivity index (χ1) is 12.1. The van der Waals surface area contributed by atoms with Gasteiger partial charge < -0.3 is 15.3 Å². The molecule has 4 heteroatoms. The summed E-state index contributed by atoms with van der Waals surface area (Å²) >= 11 is 0. The number of rotatable bonds is 2. The predicted octanol–water partition coefficient (Wildman–Crippen LogP) is 3.92. The first-order valence-corrected chi connectivity index (χ1v) is 8.63. The van der Waals surface area contributed by atoms with Gasteiger partial charge in [0.25, 0.3) is 5.91 Å². The molecule has 2 aromatic rings. The Labute approximate surface area is 147 Å². The van der Waals surface area contributed by atoms with E-state index in [0.717, 1.165) is 23.2 Å². The molecule has 2 aromatic carbocycles. The lowest BCUT2D eigenvalue weighted by Gasteiger charge is -2.38. The molecule has 3 atom stereocenters. The number of hydrogen-bond donors (Lipinski definition) is 2. The van der Waals surface area contributed by atoms with Gasteiger partial charge in [-0.2, -0.15) is 0 Å². The molecule has 0 aromatic heterocycles. The third kappa shape index (κ3) is 2.49. The van der Waals surface area contributed by atoms with Crippen LogP contribution in [0.1, 0.15) is 39.9 Å². The van der Waals surface area contributed by atoms with Gasteiger partial charge in [-0.15, -0.1) is 0 Å². The molecule has 0 bridgehead atoms. The van der Waals surface area contributed by atoms with E-state index in [1.165, 1.54) is 0 Å². The summed E-state index contributed by atoms with van der Waals surface area (Å²) in [6.07, 6.45) is 5.41. The maximum absolute atomic E-state index is 12.6. The normalized spacial score (nSPS) is 23.5. The van der Waals surface area contributed by atoms with E-state index >= 15 is 0 Å². The molecule has 2 aliphatic rings. The topological polar surface area (TPSA) is 52.6 Å². The van der Waals surface area contributed by atoms with E-state index in [1.807, 2.05) is 30.3 Å². The standard InChI is InChI=1S/C21H22N2O2/c1-23(2)21(25)17-11-6-10-15-13-8-5-9-14(13)19(22-20(15)17)16-7-3-4-12-18(16)24/h3-8,10-14,19,22,24H,9H2,1-2H3. The molecule has 2 N–H and O–H groups in total. The zero-order chi connectivity index (χ0) is 17.6. The van der Waals surface area contributed by atoms with Crippen molar-refractivity contribution in [1.29, 1.82) is 0 Å². The summed E-state index contributed by atoms with van der Waals surface area (Å²) in [5.74, 6) is 0.882. The Morgan fingerprint density at radius 1 is 1.12 bits per heavy atom. The van der Waals surface area contributed by atoms with Crippen LogP contribution in [0.5, 0.6) is 5.75 Å². The molecular weight excluding hydrogens is 312 g/mol. The average molecular weight is 334 g/mol. The second-order valence-corrected chi connectivity index (χ2v) is 7.00. The van der Waals surface area contributed by atoms with Crippen LogP contribution < -0.4 is 5.32 Å². The van der Waals surface area contributed by atoms with Crippen LogP contribution in [0.3, 0.4) is 0 Å². The molecule has 0 fully saturated rings. The number of anilines is 1. The maximum Gasteiger partial charge on any atom is 0.255 e. The quantitative estimate of drug-likeness (QED) is 0.819. The fourth-order valence-corrected chi connectivity index (χ4v) is 4.10. The molecule has 1 amide bonds. The smallest absolute Gasteiger partial charge is 0.255 e. The minimum Gasteiger partial charge on any atom is -0.508 e. The minimum atomic E-state index is -0.0233. The van der Waals surface area contributed by atoms with Gasteiger partial charge in [0, 0.05) is 25.6 Å². The summed E-state index contributed by atoms with van der Waals surface area (Å²) in [6, 6.07) is 13.4. The highest BCUT2D eigenvalue weighted by molar-refractivity contribution is 6.00. The Morgan fingerprint density at radius 2 is 1.88 bits per heavy atom. The summed E-state index contributed by atoms with van der Waals surface area (Å²) in [7, 11) is 3.53. The number of hydrogen-bond acceptors (Lipinski definition) is 3. The maximum atomic E-state index is 12.6. The van der Waals surface area contributed by atoms with Crippen molar-refractivity contribution in [2.45, 2.75) is 18.4 Å². The third-order valence-corrected chi connectivity index (χ3v) is 5.31. The van der Waals surface area contributed by atoms with E-state index < -0.39 is 0 Å². The number of carbonyl (C=O) groups is 1. The van der Waals surface area contributed by atoms with Crippen molar-refractivity contribution in [3.05, 3.63) is 71.3 Å². The molecule has 0 saturated carbocycles. The fourth-order valence-electron chi connectivity index (χ4n) is 4.10. The van der Waals surface area contributed by atoms with Crippen LogP contribution in [-0.4, -0.2) is 30.0 Å². The van der Waals surface area contributed by atoms with Crippen LogP contribution in [0.2, 0.25) is 0 Å². The van der Waals surface area contributed by atoms with E-state index in [4.69, 9.17) is 0 Å². The van der Waals surface area contributed by atoms with Crippen LogP contribution in [0.4, 0.5) is 5.69 Å². The highest BCUT2D eigenvalue weighted by atomic mass is 16.3. The monoisotopic (exact) mass is 334 g/mol. The lowest BCUT2D eigenvalue weighted by Crippen LogP contribution is -2.32. The van der Waals surface area contributed by atoms with E-state index in [-0.39, 0.29) is 17.9 Å². The molecule has 0 spiro atoms. The van der Waals surface area contributed by atoms with Crippen molar-refractivity contribution < 1.29 is 9.90 Å². The predicted molar refractivity (Wildman–Crippen MR) is 98.9 cm³/mol. The van der Waals surface area contributed by atoms with E-state index in [2.05, 4.69) is 23.5 Å². The van der Waals surface area contributed by atoms with Gasteiger partial charge in [0.2, 0.25) is 0 Å². The van der Waals surface area contributed by atoms with Crippen molar-refractivity contribution in [3.63, 3.8) is 0 Å². The molecule has 128 valence electrons. The number of para-hydroxylation sites is 2. The number of allylic oxidation sites excluding steroid dienone is 2. The van der Waals surface area contributed by atoms with Crippen molar-refractivity contribution in [2.75, 3.05) is 19.4 Å². The number of aromatic hydroxyl groups is 1. The van der Waals surface area contributed by atoms with E-state index in [9.17, 15) is 9.90 Å². The van der Waals surface area contributed by atoms with Gasteiger partial charge in [0.05, 0.1) is 17.3 Å². The van der Waals surface area contributed by atoms with Crippen LogP contribution >= 0.6 is 0 Å². The SMILES string of the molecule is CN(C)C(=O)c1cccc2c1NC(c1ccccc1O)C1CC=CC21. The molecule has 0 saturated heterocycles. The number of nitrogens with zero attached hydrogens (tertiary/aromatic N) is 1. The highest BCUT2D eigenvalue weighted by Gasteiger charge is 2.40. The Hall–Kier alpha value is -2.75. The fraction of sp³-hybridized carbons (Fsp3) is 0.286. The molecule has 1 aliphatic heterocycles. The lowest BCUT2D eigenvalue weighted by atomic mass is 9.76. The molecule has 1 heterocycles. The second kappa shape index (κ2) is 5.96. The molecule has 1 aliphatic carbocycles. The first-order valence-electron chi connectivity index (χ1n) is 8.63. The number of phenols is 1. The molecule has 25 heavy (non-hydrogen) atoms. The van der Waals surface area contributed by atoms with Crippen LogP contribution in [0.15, 0.2) is 54.6 Å². The minimum absolute atomic E-state index is 0.0131. The van der Waals surface area contributed by atoms with Gasteiger partial charge in [0.1, 0.15) is 5.75 Å². The van der Waals surface area contributed by atoms with E-state index in [0.29, 0.717) is 17.2 Å². The Morgan fingerprint density at radius 3 is 2.64 bits per heavy atom. The summed E-state index contributed by atoms with van der Waals surface area (Å²) in [4.78, 5) is 14.2. The largest absolute Gasteiger partial charge is 0.508 e. The first kappa shape index (κ1) is 15.8. The lowest BCUT2D eigenvalue weighted by molar-refractivity contribution is 0.0828. The third-order valence-electron chi connectivity index (χ3n) is 5.31. The van der Waals surface area contributed by atoms with Crippen molar-refractivity contribution in [2.24, 2.45) is 5.92 Å².